The Balaban J connectivity index is 2.01. The molecule has 1 aromatic rings. The fourth-order valence-corrected chi connectivity index (χ4v) is 2.37. The maximum atomic E-state index is 13.2. The molecule has 2 nitrogen and oxygen atoms in total. The van der Waals surface area contributed by atoms with E-state index in [1.54, 1.807) is 12.1 Å². The minimum atomic E-state index is -0.519. The highest BCUT2D eigenvalue weighted by Crippen LogP contribution is 2.25. The Morgan fingerprint density at radius 3 is 3.06 bits per heavy atom. The average molecular weight is 259 g/mol. The Kier molecular flexibility index (Phi) is 4.37. The van der Waals surface area contributed by atoms with Gasteiger partial charge in [-0.3, -0.25) is 0 Å². The molecule has 0 amide bonds. The van der Waals surface area contributed by atoms with E-state index in [0.29, 0.717) is 18.6 Å². The molecule has 2 unspecified atom stereocenters. The van der Waals surface area contributed by atoms with Gasteiger partial charge in [0.05, 0.1) is 17.7 Å². The van der Waals surface area contributed by atoms with Gasteiger partial charge in [-0.15, -0.1) is 0 Å². The highest BCUT2D eigenvalue weighted by molar-refractivity contribution is 6.31. The summed E-state index contributed by atoms with van der Waals surface area (Å²) in [5, 5.41) is 10.2. The van der Waals surface area contributed by atoms with Crippen molar-refractivity contribution in [1.29, 1.82) is 0 Å². The highest BCUT2D eigenvalue weighted by Gasteiger charge is 2.23. The van der Waals surface area contributed by atoms with E-state index >= 15 is 0 Å². The Hall–Kier alpha value is -0.640. The maximum Gasteiger partial charge on any atom is 0.142 e. The number of halogens is 2. The van der Waals surface area contributed by atoms with Crippen molar-refractivity contribution < 1.29 is 14.2 Å². The molecule has 1 aromatic carbocycles. The summed E-state index contributed by atoms with van der Waals surface area (Å²) in [5.41, 5.74) is 0.657. The molecule has 1 saturated heterocycles. The average Bonchev–Trinajstić information content (AvgIpc) is 2.36. The maximum absolute atomic E-state index is 13.2. The molecular weight excluding hydrogens is 243 g/mol. The van der Waals surface area contributed by atoms with E-state index in [1.807, 2.05) is 0 Å². The second-order valence-corrected chi connectivity index (χ2v) is 4.84. The van der Waals surface area contributed by atoms with Gasteiger partial charge in [0.15, 0.2) is 0 Å². The molecule has 1 N–H and O–H groups in total. The first kappa shape index (κ1) is 12.8. The molecule has 0 saturated carbocycles. The minimum absolute atomic E-state index is 0.114. The minimum Gasteiger partial charge on any atom is -0.392 e. The quantitative estimate of drug-likeness (QED) is 0.903. The van der Waals surface area contributed by atoms with E-state index in [0.717, 1.165) is 19.4 Å². The van der Waals surface area contributed by atoms with Crippen LogP contribution in [0.5, 0.6) is 0 Å². The molecule has 1 fully saturated rings. The van der Waals surface area contributed by atoms with Crippen molar-refractivity contribution >= 4 is 11.6 Å². The SMILES string of the molecule is OC(Cc1cccc(F)c1Cl)C1CCCOC1. The fourth-order valence-electron chi connectivity index (χ4n) is 2.17. The van der Waals surface area contributed by atoms with Crippen molar-refractivity contribution in [3.63, 3.8) is 0 Å². The second kappa shape index (κ2) is 5.80. The Morgan fingerprint density at radius 2 is 2.35 bits per heavy atom. The predicted molar refractivity (Wildman–Crippen MR) is 64.7 cm³/mol. The van der Waals surface area contributed by atoms with Crippen LogP contribution in [0, 0.1) is 11.7 Å². The van der Waals surface area contributed by atoms with E-state index in [2.05, 4.69) is 0 Å². The van der Waals surface area contributed by atoms with Crippen LogP contribution in [0.2, 0.25) is 5.02 Å². The lowest BCUT2D eigenvalue weighted by molar-refractivity contribution is -0.00848. The van der Waals surface area contributed by atoms with Crippen LogP contribution in [0.25, 0.3) is 0 Å². The number of ether oxygens (including phenoxy) is 1. The summed E-state index contributed by atoms with van der Waals surface area (Å²) >= 11 is 5.86. The standard InChI is InChI=1S/C13H16ClFO2/c14-13-9(3-1-5-11(13)15)7-12(16)10-4-2-6-17-8-10/h1,3,5,10,12,16H,2,4,6-8H2. The van der Waals surface area contributed by atoms with Crippen molar-refractivity contribution in [2.24, 2.45) is 5.92 Å². The van der Waals surface area contributed by atoms with Gasteiger partial charge in [-0.25, -0.2) is 4.39 Å². The van der Waals surface area contributed by atoms with Gasteiger partial charge in [-0.1, -0.05) is 23.7 Å². The topological polar surface area (TPSA) is 29.5 Å². The van der Waals surface area contributed by atoms with E-state index in [9.17, 15) is 9.50 Å². The first-order chi connectivity index (χ1) is 8.18. The van der Waals surface area contributed by atoms with Crippen LogP contribution in [-0.4, -0.2) is 24.4 Å². The zero-order chi connectivity index (χ0) is 12.3. The smallest absolute Gasteiger partial charge is 0.142 e. The normalized spacial score (nSPS) is 22.4. The van der Waals surface area contributed by atoms with Gasteiger partial charge < -0.3 is 9.84 Å². The van der Waals surface area contributed by atoms with E-state index in [1.165, 1.54) is 6.07 Å². The zero-order valence-corrected chi connectivity index (χ0v) is 10.3. The first-order valence-electron chi connectivity index (χ1n) is 5.87. The molecule has 2 rings (SSSR count). The lowest BCUT2D eigenvalue weighted by atomic mass is 9.91. The van der Waals surface area contributed by atoms with Crippen LogP contribution in [0.4, 0.5) is 4.39 Å². The molecule has 0 radical (unpaired) electrons. The van der Waals surface area contributed by atoms with Crippen molar-refractivity contribution in [3.8, 4) is 0 Å². The summed E-state index contributed by atoms with van der Waals surface area (Å²) in [6, 6.07) is 4.68. The van der Waals surface area contributed by atoms with Gasteiger partial charge in [0.1, 0.15) is 5.82 Å². The van der Waals surface area contributed by atoms with Crippen molar-refractivity contribution in [1.82, 2.24) is 0 Å². The fraction of sp³-hybridized carbons (Fsp3) is 0.538. The molecule has 1 aliphatic heterocycles. The number of benzene rings is 1. The lowest BCUT2D eigenvalue weighted by Gasteiger charge is -2.26. The molecular formula is C13H16ClFO2. The van der Waals surface area contributed by atoms with Crippen LogP contribution in [-0.2, 0) is 11.2 Å². The Bertz CT molecular complexity index is 378. The van der Waals surface area contributed by atoms with Gasteiger partial charge in [-0.2, -0.15) is 0 Å². The molecule has 0 spiro atoms. The molecule has 0 aromatic heterocycles. The summed E-state index contributed by atoms with van der Waals surface area (Å²) in [6.07, 6.45) is 1.78. The van der Waals surface area contributed by atoms with Crippen molar-refractivity contribution in [2.45, 2.75) is 25.4 Å². The molecule has 94 valence electrons. The largest absolute Gasteiger partial charge is 0.392 e. The van der Waals surface area contributed by atoms with Crippen LogP contribution in [0.15, 0.2) is 18.2 Å². The van der Waals surface area contributed by atoms with Crippen LogP contribution >= 0.6 is 11.6 Å². The Labute approximate surface area is 105 Å². The van der Waals surface area contributed by atoms with Crippen molar-refractivity contribution in [2.75, 3.05) is 13.2 Å². The third-order valence-electron chi connectivity index (χ3n) is 3.20. The summed E-state index contributed by atoms with van der Waals surface area (Å²) in [6.45, 7) is 1.35. The number of aliphatic hydroxyl groups excluding tert-OH is 1. The highest BCUT2D eigenvalue weighted by atomic mass is 35.5. The van der Waals surface area contributed by atoms with Gasteiger partial charge in [0.25, 0.3) is 0 Å². The predicted octanol–water partition coefficient (Wildman–Crippen LogP) is 2.81. The molecule has 17 heavy (non-hydrogen) atoms. The molecule has 0 aliphatic carbocycles. The molecule has 2 atom stereocenters. The first-order valence-corrected chi connectivity index (χ1v) is 6.25. The second-order valence-electron chi connectivity index (χ2n) is 4.46. The molecule has 1 heterocycles. The number of hydrogen-bond acceptors (Lipinski definition) is 2. The van der Waals surface area contributed by atoms with Crippen LogP contribution in [0.3, 0.4) is 0 Å². The van der Waals surface area contributed by atoms with E-state index in [4.69, 9.17) is 16.3 Å². The van der Waals surface area contributed by atoms with Crippen LogP contribution in [0.1, 0.15) is 18.4 Å². The van der Waals surface area contributed by atoms with Gasteiger partial charge in [0.2, 0.25) is 0 Å². The molecule has 1 aliphatic rings. The third-order valence-corrected chi connectivity index (χ3v) is 3.62. The summed E-state index contributed by atoms with van der Waals surface area (Å²) < 4.78 is 18.6. The monoisotopic (exact) mass is 258 g/mol. The summed E-state index contributed by atoms with van der Waals surface area (Å²) in [7, 11) is 0. The van der Waals surface area contributed by atoms with Gasteiger partial charge >= 0.3 is 0 Å². The van der Waals surface area contributed by atoms with Gasteiger partial charge in [-0.05, 0) is 24.5 Å². The number of rotatable bonds is 3. The Morgan fingerprint density at radius 1 is 1.53 bits per heavy atom. The number of aliphatic hydroxyl groups is 1. The third kappa shape index (κ3) is 3.18. The van der Waals surface area contributed by atoms with Gasteiger partial charge in [0, 0.05) is 18.9 Å². The zero-order valence-electron chi connectivity index (χ0n) is 9.53. The van der Waals surface area contributed by atoms with Crippen molar-refractivity contribution in [3.05, 3.63) is 34.6 Å². The number of hydrogen-bond donors (Lipinski definition) is 1. The lowest BCUT2D eigenvalue weighted by Crippen LogP contribution is -2.30. The molecule has 4 heteroatoms. The van der Waals surface area contributed by atoms with E-state index in [-0.39, 0.29) is 10.9 Å². The molecule has 0 bridgehead atoms. The van der Waals surface area contributed by atoms with E-state index < -0.39 is 11.9 Å². The summed E-state index contributed by atoms with van der Waals surface area (Å²) in [4.78, 5) is 0. The van der Waals surface area contributed by atoms with Crippen LogP contribution < -0.4 is 0 Å². The summed E-state index contributed by atoms with van der Waals surface area (Å²) in [5.74, 6) is -0.306.